The Morgan fingerprint density at radius 2 is 2.07 bits per heavy atom. The predicted molar refractivity (Wildman–Crippen MR) is 103 cm³/mol. The molecule has 3 aromatic heterocycles. The summed E-state index contributed by atoms with van der Waals surface area (Å²) < 4.78 is 16.6. The summed E-state index contributed by atoms with van der Waals surface area (Å²) in [6.45, 7) is 4.01. The number of carbonyl (C=O) groups excluding carboxylic acids is 1. The number of nitrogens with zero attached hydrogens (tertiary/aromatic N) is 5. The van der Waals surface area contributed by atoms with Gasteiger partial charge in [0, 0.05) is 12.4 Å². The fourth-order valence-corrected chi connectivity index (χ4v) is 3.28. The summed E-state index contributed by atoms with van der Waals surface area (Å²) in [6.07, 6.45) is 3.24. The average molecular weight is 399 g/mol. The van der Waals surface area contributed by atoms with Gasteiger partial charge in [0.2, 0.25) is 0 Å². The Bertz CT molecular complexity index is 1200. The molecule has 0 atom stereocenters. The molecule has 0 saturated carbocycles. The summed E-state index contributed by atoms with van der Waals surface area (Å²) in [5.74, 6) is -0.755. The van der Waals surface area contributed by atoms with Gasteiger partial charge in [0.15, 0.2) is 11.3 Å². The van der Waals surface area contributed by atoms with Gasteiger partial charge in [-0.3, -0.25) is 9.48 Å². The Balaban J connectivity index is 1.62. The topological polar surface area (TPSA) is 77.1 Å². The highest BCUT2D eigenvalue weighted by Gasteiger charge is 2.21. The highest BCUT2D eigenvalue weighted by molar-refractivity contribution is 6.37. The molecular formula is C19H16ClFN6O. The second kappa shape index (κ2) is 7.05. The van der Waals surface area contributed by atoms with E-state index in [0.29, 0.717) is 23.6 Å². The van der Waals surface area contributed by atoms with Crippen LogP contribution in [-0.4, -0.2) is 30.3 Å². The first-order chi connectivity index (χ1) is 13.4. The van der Waals surface area contributed by atoms with Crippen LogP contribution in [0.5, 0.6) is 0 Å². The molecule has 0 aliphatic carbocycles. The third-order valence-corrected chi connectivity index (χ3v) is 4.74. The van der Waals surface area contributed by atoms with Gasteiger partial charge < -0.3 is 5.32 Å². The van der Waals surface area contributed by atoms with Gasteiger partial charge >= 0.3 is 0 Å². The summed E-state index contributed by atoms with van der Waals surface area (Å²) in [5.41, 5.74) is 3.22. The Morgan fingerprint density at radius 3 is 2.82 bits per heavy atom. The third kappa shape index (κ3) is 3.22. The summed E-state index contributed by atoms with van der Waals surface area (Å²) in [5, 5.41) is 11.7. The Kier molecular flexibility index (Phi) is 4.56. The van der Waals surface area contributed by atoms with E-state index in [-0.39, 0.29) is 16.5 Å². The van der Waals surface area contributed by atoms with Gasteiger partial charge in [-0.15, -0.1) is 0 Å². The number of halogens is 2. The van der Waals surface area contributed by atoms with E-state index in [4.69, 9.17) is 11.6 Å². The molecular weight excluding hydrogens is 383 g/mol. The van der Waals surface area contributed by atoms with Gasteiger partial charge in [-0.1, -0.05) is 23.7 Å². The lowest BCUT2D eigenvalue weighted by Gasteiger charge is -2.07. The van der Waals surface area contributed by atoms with Crippen molar-refractivity contribution in [3.63, 3.8) is 0 Å². The minimum absolute atomic E-state index is 0.0806. The van der Waals surface area contributed by atoms with Crippen molar-refractivity contribution in [2.24, 2.45) is 0 Å². The second-order valence-electron chi connectivity index (χ2n) is 6.34. The van der Waals surface area contributed by atoms with E-state index in [1.807, 2.05) is 13.0 Å². The van der Waals surface area contributed by atoms with E-state index in [0.717, 1.165) is 11.3 Å². The minimum atomic E-state index is -0.452. The number of amides is 1. The van der Waals surface area contributed by atoms with Crippen LogP contribution in [0.4, 0.5) is 10.1 Å². The molecule has 1 amide bonds. The number of anilines is 1. The zero-order valence-electron chi connectivity index (χ0n) is 15.1. The predicted octanol–water partition coefficient (Wildman–Crippen LogP) is 3.64. The number of rotatable bonds is 4. The van der Waals surface area contributed by atoms with Crippen molar-refractivity contribution in [2.45, 2.75) is 20.4 Å². The van der Waals surface area contributed by atoms with Gasteiger partial charge in [0.05, 0.1) is 23.6 Å². The molecule has 1 N–H and O–H groups in total. The fourth-order valence-electron chi connectivity index (χ4n) is 3.02. The molecule has 0 radical (unpaired) electrons. The summed E-state index contributed by atoms with van der Waals surface area (Å²) in [6, 6.07) is 8.02. The van der Waals surface area contributed by atoms with Crippen LogP contribution in [0.2, 0.25) is 5.02 Å². The molecule has 28 heavy (non-hydrogen) atoms. The number of fused-ring (bicyclic) bond motifs is 1. The standard InChI is InChI=1S/C19H16ClFN6O/c1-11-16(12(2)27(24-11)10-13-5-3-6-14(21)9-13)23-19(28)17-15(20)18-22-7-4-8-26(18)25-17/h3-9H,10H2,1-2H3,(H,23,28). The molecule has 0 aliphatic heterocycles. The van der Waals surface area contributed by atoms with Gasteiger partial charge in [0.25, 0.3) is 5.91 Å². The van der Waals surface area contributed by atoms with Crippen molar-refractivity contribution in [1.82, 2.24) is 24.4 Å². The van der Waals surface area contributed by atoms with Gasteiger partial charge in [0.1, 0.15) is 10.8 Å². The molecule has 1 aromatic carbocycles. The quantitative estimate of drug-likeness (QED) is 0.569. The van der Waals surface area contributed by atoms with Crippen LogP contribution in [0.1, 0.15) is 27.4 Å². The number of carbonyl (C=O) groups is 1. The Morgan fingerprint density at radius 1 is 1.25 bits per heavy atom. The van der Waals surface area contributed by atoms with Crippen LogP contribution in [0.3, 0.4) is 0 Å². The van der Waals surface area contributed by atoms with Gasteiger partial charge in [-0.2, -0.15) is 10.2 Å². The number of hydrogen-bond acceptors (Lipinski definition) is 4. The summed E-state index contributed by atoms with van der Waals surface area (Å²) in [4.78, 5) is 16.9. The fraction of sp³-hybridized carbons (Fsp3) is 0.158. The number of aryl methyl sites for hydroxylation is 1. The summed E-state index contributed by atoms with van der Waals surface area (Å²) >= 11 is 6.26. The van der Waals surface area contributed by atoms with Crippen molar-refractivity contribution in [3.8, 4) is 0 Å². The molecule has 0 fully saturated rings. The molecule has 0 spiro atoms. The van der Waals surface area contributed by atoms with Crippen molar-refractivity contribution < 1.29 is 9.18 Å². The molecule has 0 aliphatic rings. The van der Waals surface area contributed by atoms with E-state index < -0.39 is 5.91 Å². The molecule has 9 heteroatoms. The van der Waals surface area contributed by atoms with E-state index in [1.54, 1.807) is 36.1 Å². The SMILES string of the molecule is Cc1nn(Cc2cccc(F)c2)c(C)c1NC(=O)c1nn2cccnc2c1Cl. The molecule has 0 saturated heterocycles. The van der Waals surface area contributed by atoms with E-state index in [9.17, 15) is 9.18 Å². The van der Waals surface area contributed by atoms with E-state index in [1.165, 1.54) is 16.6 Å². The smallest absolute Gasteiger partial charge is 0.277 e. The van der Waals surface area contributed by atoms with Gasteiger partial charge in [-0.05, 0) is 37.6 Å². The van der Waals surface area contributed by atoms with E-state index >= 15 is 0 Å². The third-order valence-electron chi connectivity index (χ3n) is 4.40. The molecule has 4 rings (SSSR count). The lowest BCUT2D eigenvalue weighted by molar-refractivity contribution is 0.102. The van der Waals surface area contributed by atoms with E-state index in [2.05, 4.69) is 20.5 Å². The Labute approximate surface area is 164 Å². The van der Waals surface area contributed by atoms with Crippen molar-refractivity contribution in [3.05, 3.63) is 76.2 Å². The maximum atomic E-state index is 13.4. The lowest BCUT2D eigenvalue weighted by Crippen LogP contribution is -2.14. The Hall–Kier alpha value is -3.26. The number of benzene rings is 1. The first-order valence-electron chi connectivity index (χ1n) is 8.52. The van der Waals surface area contributed by atoms with Crippen molar-refractivity contribution in [2.75, 3.05) is 5.32 Å². The highest BCUT2D eigenvalue weighted by Crippen LogP contribution is 2.24. The summed E-state index contributed by atoms with van der Waals surface area (Å²) in [7, 11) is 0. The highest BCUT2D eigenvalue weighted by atomic mass is 35.5. The average Bonchev–Trinajstić information content (AvgIpc) is 3.14. The molecule has 3 heterocycles. The minimum Gasteiger partial charge on any atom is -0.317 e. The van der Waals surface area contributed by atoms with Crippen molar-refractivity contribution in [1.29, 1.82) is 0 Å². The van der Waals surface area contributed by atoms with Crippen LogP contribution < -0.4 is 5.32 Å². The van der Waals surface area contributed by atoms with Crippen LogP contribution in [-0.2, 0) is 6.54 Å². The molecule has 142 valence electrons. The monoisotopic (exact) mass is 398 g/mol. The van der Waals surface area contributed by atoms with Crippen LogP contribution in [0.15, 0.2) is 42.7 Å². The zero-order chi connectivity index (χ0) is 19.8. The van der Waals surface area contributed by atoms with Crippen molar-refractivity contribution >= 4 is 28.8 Å². The largest absolute Gasteiger partial charge is 0.317 e. The van der Waals surface area contributed by atoms with Crippen LogP contribution >= 0.6 is 11.6 Å². The van der Waals surface area contributed by atoms with Crippen LogP contribution in [0.25, 0.3) is 5.65 Å². The van der Waals surface area contributed by atoms with Crippen LogP contribution in [0, 0.1) is 19.7 Å². The second-order valence-corrected chi connectivity index (χ2v) is 6.72. The molecule has 0 unspecified atom stereocenters. The first kappa shape index (κ1) is 18.1. The molecule has 7 nitrogen and oxygen atoms in total. The maximum Gasteiger partial charge on any atom is 0.277 e. The first-order valence-corrected chi connectivity index (χ1v) is 8.90. The number of hydrogen-bond donors (Lipinski definition) is 1. The zero-order valence-corrected chi connectivity index (χ0v) is 15.9. The molecule has 0 bridgehead atoms. The normalized spacial score (nSPS) is 11.1. The molecule has 4 aromatic rings. The lowest BCUT2D eigenvalue weighted by atomic mass is 10.2. The number of nitrogens with one attached hydrogen (secondary N) is 1. The maximum absolute atomic E-state index is 13.4. The van der Waals surface area contributed by atoms with Gasteiger partial charge in [-0.25, -0.2) is 13.9 Å². The number of aromatic nitrogens is 5.